The summed E-state index contributed by atoms with van der Waals surface area (Å²) in [4.78, 5) is 19.4. The van der Waals surface area contributed by atoms with Crippen LogP contribution in [0, 0.1) is 5.41 Å². The van der Waals surface area contributed by atoms with Crippen LogP contribution >= 0.6 is 0 Å². The normalized spacial score (nSPS) is 32.4. The van der Waals surface area contributed by atoms with Crippen LogP contribution in [0.25, 0.3) is 0 Å². The highest BCUT2D eigenvalue weighted by Crippen LogP contribution is 2.61. The van der Waals surface area contributed by atoms with Gasteiger partial charge in [0.25, 0.3) is 0 Å². The van der Waals surface area contributed by atoms with Crippen molar-refractivity contribution in [3.63, 3.8) is 0 Å². The van der Waals surface area contributed by atoms with Crippen molar-refractivity contribution in [1.29, 1.82) is 0 Å². The first-order valence-corrected chi connectivity index (χ1v) is 6.29. The van der Waals surface area contributed by atoms with Crippen molar-refractivity contribution in [2.45, 2.75) is 31.3 Å². The second kappa shape index (κ2) is 3.26. The van der Waals surface area contributed by atoms with Crippen LogP contribution in [-0.4, -0.2) is 40.8 Å². The summed E-state index contributed by atoms with van der Waals surface area (Å²) in [7, 11) is 1.57. The number of carbonyl (C=O) groups excluding carboxylic acids is 1. The predicted molar refractivity (Wildman–Crippen MR) is 60.3 cm³/mol. The smallest absolute Gasteiger partial charge is 0.344 e. The number of hydrogen-bond acceptors (Lipinski definition) is 4. The SMILES string of the molecule is CON1C(=O)N2CC1C1(CC1)CC2c1ccon1. The number of aromatic nitrogens is 1. The molecule has 96 valence electrons. The van der Waals surface area contributed by atoms with E-state index in [0.717, 1.165) is 18.7 Å². The van der Waals surface area contributed by atoms with Gasteiger partial charge >= 0.3 is 6.03 Å². The van der Waals surface area contributed by atoms with E-state index in [1.165, 1.54) is 12.8 Å². The molecule has 0 aromatic carbocycles. The lowest BCUT2D eigenvalue weighted by molar-refractivity contribution is -0.115. The van der Waals surface area contributed by atoms with E-state index in [-0.39, 0.29) is 23.5 Å². The fourth-order valence-electron chi connectivity index (χ4n) is 3.49. The number of carbonyl (C=O) groups is 1. The lowest BCUT2D eigenvalue weighted by Gasteiger charge is -2.35. The maximum absolute atomic E-state index is 12.3. The van der Waals surface area contributed by atoms with Gasteiger partial charge in [0.1, 0.15) is 12.0 Å². The number of nitrogens with zero attached hydrogens (tertiary/aromatic N) is 3. The Balaban J connectivity index is 1.74. The Labute approximate surface area is 104 Å². The first-order chi connectivity index (χ1) is 8.75. The third kappa shape index (κ3) is 1.16. The Kier molecular flexibility index (Phi) is 1.88. The van der Waals surface area contributed by atoms with Crippen molar-refractivity contribution in [1.82, 2.24) is 15.1 Å². The molecule has 1 spiro atoms. The Hall–Kier alpha value is -1.56. The average molecular weight is 249 g/mol. The van der Waals surface area contributed by atoms with Gasteiger partial charge in [-0.2, -0.15) is 5.06 Å². The monoisotopic (exact) mass is 249 g/mol. The summed E-state index contributed by atoms with van der Waals surface area (Å²) >= 11 is 0. The van der Waals surface area contributed by atoms with Gasteiger partial charge in [-0.15, -0.1) is 0 Å². The lowest BCUT2D eigenvalue weighted by atomic mass is 9.84. The van der Waals surface area contributed by atoms with Gasteiger partial charge < -0.3 is 9.42 Å². The molecule has 3 aliphatic rings. The third-order valence-corrected chi connectivity index (χ3v) is 4.66. The molecule has 3 fully saturated rings. The van der Waals surface area contributed by atoms with Gasteiger partial charge in [-0.3, -0.25) is 4.84 Å². The number of fused-ring (bicyclic) bond motifs is 3. The van der Waals surface area contributed by atoms with Crippen LogP contribution < -0.4 is 0 Å². The highest BCUT2D eigenvalue weighted by Gasteiger charge is 2.63. The number of hydrogen-bond donors (Lipinski definition) is 0. The van der Waals surface area contributed by atoms with Gasteiger partial charge in [0.15, 0.2) is 0 Å². The van der Waals surface area contributed by atoms with E-state index < -0.39 is 0 Å². The summed E-state index contributed by atoms with van der Waals surface area (Å²) in [6.07, 6.45) is 4.88. The Morgan fingerprint density at radius 2 is 2.39 bits per heavy atom. The molecule has 0 radical (unpaired) electrons. The summed E-state index contributed by atoms with van der Waals surface area (Å²) in [5, 5.41) is 5.56. The van der Waals surface area contributed by atoms with E-state index in [2.05, 4.69) is 5.16 Å². The second-order valence-electron chi connectivity index (χ2n) is 5.47. The Bertz CT molecular complexity index is 483. The molecule has 3 heterocycles. The molecule has 1 aliphatic carbocycles. The maximum Gasteiger partial charge on any atom is 0.344 e. The number of piperidine rings is 1. The minimum absolute atomic E-state index is 0.0372. The summed E-state index contributed by atoms with van der Waals surface area (Å²) in [5.74, 6) is 0. The van der Waals surface area contributed by atoms with Crippen LogP contribution in [0.5, 0.6) is 0 Å². The van der Waals surface area contributed by atoms with Crippen molar-refractivity contribution in [2.75, 3.05) is 13.7 Å². The van der Waals surface area contributed by atoms with Crippen molar-refractivity contribution >= 4 is 6.03 Å². The van der Waals surface area contributed by atoms with E-state index in [1.54, 1.807) is 18.4 Å². The van der Waals surface area contributed by atoms with Crippen molar-refractivity contribution < 1.29 is 14.2 Å². The molecule has 4 rings (SSSR count). The van der Waals surface area contributed by atoms with Crippen molar-refractivity contribution in [3.05, 3.63) is 18.0 Å². The van der Waals surface area contributed by atoms with E-state index in [4.69, 9.17) is 9.36 Å². The van der Waals surface area contributed by atoms with Gasteiger partial charge in [-0.1, -0.05) is 5.16 Å². The lowest BCUT2D eigenvalue weighted by Crippen LogP contribution is -2.42. The van der Waals surface area contributed by atoms with E-state index in [1.807, 2.05) is 11.0 Å². The maximum atomic E-state index is 12.3. The average Bonchev–Trinajstić information content (AvgIpc) is 2.87. The zero-order valence-corrected chi connectivity index (χ0v) is 10.2. The zero-order chi connectivity index (χ0) is 12.3. The molecule has 0 N–H and O–H groups in total. The van der Waals surface area contributed by atoms with Gasteiger partial charge in [-0.05, 0) is 24.7 Å². The van der Waals surface area contributed by atoms with Crippen LogP contribution in [0.2, 0.25) is 0 Å². The van der Waals surface area contributed by atoms with E-state index in [9.17, 15) is 4.79 Å². The van der Waals surface area contributed by atoms with Crippen LogP contribution in [0.4, 0.5) is 4.79 Å². The third-order valence-electron chi connectivity index (χ3n) is 4.66. The number of amides is 2. The molecule has 2 saturated heterocycles. The minimum atomic E-state index is -0.0423. The van der Waals surface area contributed by atoms with E-state index in [0.29, 0.717) is 0 Å². The molecule has 18 heavy (non-hydrogen) atoms. The first kappa shape index (κ1) is 10.4. The first-order valence-electron chi connectivity index (χ1n) is 6.29. The molecule has 6 nitrogen and oxygen atoms in total. The summed E-state index contributed by atoms with van der Waals surface area (Å²) in [6, 6.07) is 2.05. The Morgan fingerprint density at radius 1 is 1.56 bits per heavy atom. The molecule has 2 aliphatic heterocycles. The number of rotatable bonds is 2. The fourth-order valence-corrected chi connectivity index (χ4v) is 3.49. The minimum Gasteiger partial charge on any atom is -0.364 e. The molecular formula is C12H15N3O3. The quantitative estimate of drug-likeness (QED) is 0.798. The molecule has 2 unspecified atom stereocenters. The van der Waals surface area contributed by atoms with Crippen LogP contribution in [-0.2, 0) is 4.84 Å². The van der Waals surface area contributed by atoms with Crippen molar-refractivity contribution in [2.24, 2.45) is 5.41 Å². The molecule has 2 atom stereocenters. The molecule has 2 amide bonds. The number of hydroxylamine groups is 2. The largest absolute Gasteiger partial charge is 0.364 e. The van der Waals surface area contributed by atoms with Gasteiger partial charge in [0, 0.05) is 12.6 Å². The molecule has 6 heteroatoms. The molecule has 1 aromatic rings. The fraction of sp³-hybridized carbons (Fsp3) is 0.667. The van der Waals surface area contributed by atoms with Crippen LogP contribution in [0.3, 0.4) is 0 Å². The van der Waals surface area contributed by atoms with Crippen LogP contribution in [0.1, 0.15) is 31.0 Å². The summed E-state index contributed by atoms with van der Waals surface area (Å²) in [6.45, 7) is 0.740. The van der Waals surface area contributed by atoms with Gasteiger partial charge in [0.2, 0.25) is 0 Å². The topological polar surface area (TPSA) is 58.8 Å². The molecular weight excluding hydrogens is 234 g/mol. The highest BCUT2D eigenvalue weighted by molar-refractivity contribution is 5.77. The molecule has 2 bridgehead atoms. The standard InChI is InChI=1S/C12H15N3O3/c1-17-15-10-7-14(11(15)16)9(6-12(10)3-4-12)8-2-5-18-13-8/h2,5,9-10H,3-4,6-7H2,1H3. The van der Waals surface area contributed by atoms with Gasteiger partial charge in [-0.25, -0.2) is 4.79 Å². The van der Waals surface area contributed by atoms with Gasteiger partial charge in [0.05, 0.1) is 19.2 Å². The second-order valence-corrected chi connectivity index (χ2v) is 5.47. The summed E-state index contributed by atoms with van der Waals surface area (Å²) < 4.78 is 4.92. The number of urea groups is 1. The van der Waals surface area contributed by atoms with Crippen LogP contribution in [0.15, 0.2) is 16.9 Å². The van der Waals surface area contributed by atoms with E-state index >= 15 is 0 Å². The zero-order valence-electron chi connectivity index (χ0n) is 10.2. The highest BCUT2D eigenvalue weighted by atomic mass is 16.7. The molecule has 1 saturated carbocycles. The Morgan fingerprint density at radius 3 is 3.00 bits per heavy atom. The summed E-state index contributed by atoms with van der Waals surface area (Å²) in [5.41, 5.74) is 1.09. The predicted octanol–water partition coefficient (Wildman–Crippen LogP) is 1.57. The van der Waals surface area contributed by atoms with Crippen molar-refractivity contribution in [3.8, 4) is 0 Å². The molecule has 1 aromatic heterocycles.